The van der Waals surface area contributed by atoms with E-state index in [1.54, 1.807) is 12.2 Å². The molecule has 6 heterocycles. The van der Waals surface area contributed by atoms with Gasteiger partial charge in [-0.3, -0.25) is 9.59 Å². The van der Waals surface area contributed by atoms with Crippen LogP contribution in [0.15, 0.2) is 108 Å². The van der Waals surface area contributed by atoms with Gasteiger partial charge in [0.25, 0.3) is 0 Å². The van der Waals surface area contributed by atoms with Crippen LogP contribution >= 0.6 is 0 Å². The van der Waals surface area contributed by atoms with Crippen molar-refractivity contribution in [2.45, 2.75) is 170 Å². The molecule has 14 nitrogen and oxygen atoms in total. The van der Waals surface area contributed by atoms with Gasteiger partial charge in [-0.25, -0.2) is 9.36 Å². The second-order valence-corrected chi connectivity index (χ2v) is 29.1. The summed E-state index contributed by atoms with van der Waals surface area (Å²) in [6.07, 6.45) is 32.4. The smallest absolute Gasteiger partial charge is 0.220 e. The number of fused-ring (bicyclic) bond motifs is 14. The number of hydrogen-bond acceptors (Lipinski definition) is 12. The first-order valence-electron chi connectivity index (χ1n) is 31.5. The lowest BCUT2D eigenvalue weighted by Crippen LogP contribution is -2.51. The minimum Gasteiger partial charge on any atom is -0.483 e. The molecule has 0 unspecified atom stereocenters. The average Bonchev–Trinajstić information content (AvgIpc) is 1.86. The molecule has 20 atom stereocenters. The molecule has 0 radical (unpaired) electrons. The van der Waals surface area contributed by atoms with Gasteiger partial charge in [-0.2, -0.15) is 0 Å². The minimum atomic E-state index is -0.419. The highest BCUT2D eigenvalue weighted by atomic mass is 16.7. The number of carbonyl (C=O) groups is 2. The van der Waals surface area contributed by atoms with E-state index in [0.29, 0.717) is 107 Å². The Morgan fingerprint density at radius 2 is 1.00 bits per heavy atom. The van der Waals surface area contributed by atoms with E-state index < -0.39 is 11.6 Å². The number of ketones is 2. The van der Waals surface area contributed by atoms with Crippen LogP contribution in [0, 0.1) is 92.7 Å². The standard InChI is InChI=1S/C68H84N6O8/c1-39-17-23-67(79-35-39)41(3)61-57(81-67)27-53-49-15-13-45-25-55(75)59(29-65(45,7)51(49)19-21-63(53,61)5)77-37-47-33-73(71-69-47)31-43-9-11-44(12-10-43)32-74-34-48(70-72-74)38-78-60-30-66(8)46(26-56(60)76)14-16-50-52(66)20-22-64(6)54(50)28-58-62(64)42(4)68(82-58)24-18-40(2)36-80-68/h9-16,25-26,29-30,33-34,39-42,49-54,57-58,61-62H,17-24,27-28,31-32,35-38H2,1-8H3/t39-,40-,41+,42+,49-,50-,51+,52+,53+,54+,57+,58+,61+,62+,63+,64+,65+,66+,67-,68-/m1/s1. The molecular weight excluding hydrogens is 1030 g/mol. The zero-order chi connectivity index (χ0) is 56.3. The molecule has 82 heavy (non-hydrogen) atoms. The summed E-state index contributed by atoms with van der Waals surface area (Å²) < 4.78 is 43.4. The Morgan fingerprint density at radius 3 is 1.40 bits per heavy atom. The molecule has 434 valence electrons. The van der Waals surface area contributed by atoms with E-state index in [9.17, 15) is 9.59 Å². The molecule has 14 heteroatoms. The van der Waals surface area contributed by atoms with Gasteiger partial charge in [0.1, 0.15) is 24.6 Å². The van der Waals surface area contributed by atoms with Crippen LogP contribution in [0.3, 0.4) is 0 Å². The third-order valence-electron chi connectivity index (χ3n) is 24.5. The molecule has 0 N–H and O–H groups in total. The molecule has 1 aromatic carbocycles. The maximum atomic E-state index is 13.6. The second kappa shape index (κ2) is 19.1. The van der Waals surface area contributed by atoms with Gasteiger partial charge < -0.3 is 28.4 Å². The fourth-order valence-corrected chi connectivity index (χ4v) is 20.1. The lowest BCUT2D eigenvalue weighted by molar-refractivity contribution is -0.272. The van der Waals surface area contributed by atoms with Crippen molar-refractivity contribution < 1.29 is 38.0 Å². The number of rotatable bonds is 10. The molecule has 8 aliphatic carbocycles. The van der Waals surface area contributed by atoms with Gasteiger partial charge in [-0.1, -0.05) is 114 Å². The Bertz CT molecular complexity index is 3050. The predicted molar refractivity (Wildman–Crippen MR) is 305 cm³/mol. The highest BCUT2D eigenvalue weighted by molar-refractivity contribution is 6.05. The number of hydrogen-bond donors (Lipinski definition) is 0. The number of aromatic nitrogens is 6. The van der Waals surface area contributed by atoms with E-state index in [2.05, 4.69) is 137 Å². The maximum Gasteiger partial charge on any atom is 0.220 e. The van der Waals surface area contributed by atoms with Crippen LogP contribution < -0.4 is 0 Å². The average molecular weight is 1110 g/mol. The van der Waals surface area contributed by atoms with E-state index >= 15 is 0 Å². The molecule has 0 amide bonds. The molecule has 4 saturated carbocycles. The lowest BCUT2D eigenvalue weighted by atomic mass is 9.49. The van der Waals surface area contributed by atoms with Crippen molar-refractivity contribution in [2.24, 2.45) is 92.7 Å². The molecule has 0 bridgehead atoms. The van der Waals surface area contributed by atoms with Crippen LogP contribution in [0.5, 0.6) is 0 Å². The highest BCUT2D eigenvalue weighted by Crippen LogP contribution is 2.72. The first kappa shape index (κ1) is 53.4. The Labute approximate surface area is 483 Å². The molecule has 2 aromatic heterocycles. The van der Waals surface area contributed by atoms with Crippen molar-refractivity contribution in [3.8, 4) is 0 Å². The predicted octanol–water partition coefficient (Wildman–Crippen LogP) is 11.6. The van der Waals surface area contributed by atoms with Gasteiger partial charge in [0.05, 0.1) is 50.9 Å². The van der Waals surface area contributed by atoms with Crippen molar-refractivity contribution in [2.75, 3.05) is 13.2 Å². The van der Waals surface area contributed by atoms with Crippen molar-refractivity contribution in [1.29, 1.82) is 0 Å². The van der Waals surface area contributed by atoms with Crippen molar-refractivity contribution >= 4 is 11.6 Å². The summed E-state index contributed by atoms with van der Waals surface area (Å²) in [6.45, 7) is 22.0. The summed E-state index contributed by atoms with van der Waals surface area (Å²) in [6, 6.07) is 8.36. The fourth-order valence-electron chi connectivity index (χ4n) is 20.1. The Balaban J connectivity index is 0.543. The molecule has 12 aliphatic rings. The summed E-state index contributed by atoms with van der Waals surface area (Å²) in [4.78, 5) is 27.2. The van der Waals surface area contributed by atoms with Gasteiger partial charge in [-0.05, 0) is 168 Å². The van der Waals surface area contributed by atoms with Crippen LogP contribution in [-0.4, -0.2) is 78.6 Å². The number of allylic oxidation sites excluding steroid dienone is 10. The van der Waals surface area contributed by atoms with Crippen molar-refractivity contribution in [3.63, 3.8) is 0 Å². The Kier molecular flexibility index (Phi) is 12.5. The van der Waals surface area contributed by atoms with Crippen LogP contribution in [0.25, 0.3) is 0 Å². The SMILES string of the molecule is C[C@@H]1CC[C@@]2(OC1)O[C@H]1C[C@H]3[C@@H]4C=CC5=CC(=O)C(OCc6cn(Cc7ccc(Cn8cc(COC9=C[C@@]%10(C)C(=CC9=O)C=C[C@H]9[C@@H]%11C[C@@H]%12O[C@]%13(CC[C@@H](C)CO%13)[C@@H](C)[C@@H]%12[C@@]%11(C)CC[C@@H]9%10)nn8)cc7)nn6)=C[C@]5(C)[C@H]4CC[C@]3(C)[C@H]1[C@@H]2C. The monoisotopic (exact) mass is 1110 g/mol. The van der Waals surface area contributed by atoms with Crippen LogP contribution in [0.2, 0.25) is 0 Å². The van der Waals surface area contributed by atoms with E-state index in [1.165, 1.54) is 12.8 Å². The normalized spacial score (nSPS) is 44.8. The van der Waals surface area contributed by atoms with Gasteiger partial charge in [0.2, 0.25) is 11.6 Å². The van der Waals surface area contributed by atoms with Crippen LogP contribution in [0.4, 0.5) is 0 Å². The Morgan fingerprint density at radius 1 is 0.573 bits per heavy atom. The van der Waals surface area contributed by atoms with Gasteiger partial charge in [0.15, 0.2) is 23.1 Å². The minimum absolute atomic E-state index is 0.0974. The van der Waals surface area contributed by atoms with Crippen molar-refractivity contribution in [3.05, 3.63) is 130 Å². The molecule has 8 fully saturated rings. The summed E-state index contributed by atoms with van der Waals surface area (Å²) in [5.74, 6) is 5.27. The van der Waals surface area contributed by atoms with E-state index in [-0.39, 0.29) is 58.6 Å². The topological polar surface area (TPSA) is 151 Å². The van der Waals surface area contributed by atoms with Gasteiger partial charge in [0, 0.05) is 35.5 Å². The molecule has 2 spiro atoms. The Hall–Kier alpha value is -5.28. The van der Waals surface area contributed by atoms with E-state index in [0.717, 1.165) is 86.9 Å². The van der Waals surface area contributed by atoms with Crippen LogP contribution in [-0.2, 0) is 64.3 Å². The molecule has 4 saturated heterocycles. The van der Waals surface area contributed by atoms with Gasteiger partial charge in [-0.15, -0.1) is 10.2 Å². The number of ether oxygens (including phenoxy) is 6. The first-order chi connectivity index (χ1) is 39.4. The van der Waals surface area contributed by atoms with Gasteiger partial charge >= 0.3 is 0 Å². The van der Waals surface area contributed by atoms with E-state index in [1.807, 2.05) is 21.8 Å². The zero-order valence-corrected chi connectivity index (χ0v) is 49.4. The first-order valence-corrected chi connectivity index (χ1v) is 31.5. The lowest BCUT2D eigenvalue weighted by Gasteiger charge is -2.55. The summed E-state index contributed by atoms with van der Waals surface area (Å²) in [7, 11) is 0. The third-order valence-corrected chi connectivity index (χ3v) is 24.5. The third kappa shape index (κ3) is 8.19. The number of benzene rings is 1. The van der Waals surface area contributed by atoms with Crippen molar-refractivity contribution in [1.82, 2.24) is 30.0 Å². The fraction of sp³-hybridized carbons (Fsp3) is 0.647. The van der Waals surface area contributed by atoms with Crippen LogP contribution in [0.1, 0.15) is 142 Å². The summed E-state index contributed by atoms with van der Waals surface area (Å²) >= 11 is 0. The van der Waals surface area contributed by atoms with E-state index in [4.69, 9.17) is 28.4 Å². The quantitative estimate of drug-likeness (QED) is 0.190. The zero-order valence-electron chi connectivity index (χ0n) is 49.4. The molecular formula is C68H84N6O8. The molecule has 15 rings (SSSR count). The molecule has 3 aromatic rings. The second-order valence-electron chi connectivity index (χ2n) is 29.1. The maximum absolute atomic E-state index is 13.6. The highest BCUT2D eigenvalue weighted by Gasteiger charge is 2.70. The summed E-state index contributed by atoms with van der Waals surface area (Å²) in [5.41, 5.74) is 5.40. The number of nitrogens with zero attached hydrogens (tertiary/aromatic N) is 6. The summed E-state index contributed by atoms with van der Waals surface area (Å²) in [5, 5.41) is 17.7. The molecule has 4 aliphatic heterocycles. The largest absolute Gasteiger partial charge is 0.483 e. The number of carbonyl (C=O) groups excluding carboxylic acids is 2.